The van der Waals surface area contributed by atoms with Gasteiger partial charge in [0.1, 0.15) is 18.5 Å². The van der Waals surface area contributed by atoms with E-state index in [9.17, 15) is 9.18 Å². The smallest absolute Gasteiger partial charge is 0.412 e. The number of nitrogens with one attached hydrogen (secondary N) is 1. The molecule has 0 radical (unpaired) electrons. The van der Waals surface area contributed by atoms with Crippen LogP contribution >= 0.6 is 22.9 Å². The summed E-state index contributed by atoms with van der Waals surface area (Å²) in [5.74, 6) is 0.0699. The van der Waals surface area contributed by atoms with Gasteiger partial charge in [0.25, 0.3) is 0 Å². The second-order valence-electron chi connectivity index (χ2n) is 5.39. The zero-order valence-corrected chi connectivity index (χ0v) is 15.4. The van der Waals surface area contributed by atoms with Crippen molar-refractivity contribution < 1.29 is 18.7 Å². The molecule has 0 fully saturated rings. The number of fused-ring (bicyclic) bond motifs is 1. The second-order valence-corrected chi connectivity index (χ2v) is 7.00. The molecule has 136 valence electrons. The van der Waals surface area contributed by atoms with E-state index in [0.29, 0.717) is 26.2 Å². The first-order valence-corrected chi connectivity index (χ1v) is 8.75. The summed E-state index contributed by atoms with van der Waals surface area (Å²) in [7, 11) is 0. The number of aryl methyl sites for hydroxylation is 1. The Balaban J connectivity index is 1.55. The molecule has 0 saturated carbocycles. The Morgan fingerprint density at radius 1 is 1.38 bits per heavy atom. The molecule has 1 atom stereocenters. The molecule has 3 rings (SSSR count). The maximum absolute atomic E-state index is 14.0. The van der Waals surface area contributed by atoms with Crippen molar-refractivity contribution in [3.63, 3.8) is 0 Å². The lowest BCUT2D eigenvalue weighted by Crippen LogP contribution is -2.25. The Kier molecular flexibility index (Phi) is 5.48. The third-order valence-corrected chi connectivity index (χ3v) is 4.35. The molecule has 0 saturated heterocycles. The molecule has 1 N–H and O–H groups in total. The summed E-state index contributed by atoms with van der Waals surface area (Å²) < 4.78 is 25.6. The van der Waals surface area contributed by atoms with Gasteiger partial charge >= 0.3 is 6.09 Å². The molecule has 1 aromatic carbocycles. The van der Waals surface area contributed by atoms with Crippen molar-refractivity contribution in [3.05, 3.63) is 40.6 Å². The molecular weight excluding hydrogens is 383 g/mol. The van der Waals surface area contributed by atoms with E-state index in [2.05, 4.69) is 20.3 Å². The molecule has 3 aromatic rings. The first-order chi connectivity index (χ1) is 12.4. The third-order valence-electron chi connectivity index (χ3n) is 3.23. The highest BCUT2D eigenvalue weighted by Crippen LogP contribution is 2.31. The fourth-order valence-corrected chi connectivity index (χ4v) is 3.08. The SMILES string of the molecule is Cc1ncc(NC(=O)O[C@H](C)COc2cc3sc(Cl)nc3cc2F)cn1. The van der Waals surface area contributed by atoms with Crippen LogP contribution in [0.3, 0.4) is 0 Å². The highest BCUT2D eigenvalue weighted by molar-refractivity contribution is 7.22. The van der Waals surface area contributed by atoms with E-state index in [4.69, 9.17) is 21.1 Å². The topological polar surface area (TPSA) is 86.2 Å². The first kappa shape index (κ1) is 18.3. The van der Waals surface area contributed by atoms with Crippen molar-refractivity contribution in [2.24, 2.45) is 0 Å². The van der Waals surface area contributed by atoms with Gasteiger partial charge in [-0.1, -0.05) is 11.6 Å². The second kappa shape index (κ2) is 7.79. The van der Waals surface area contributed by atoms with E-state index >= 15 is 0 Å². The summed E-state index contributed by atoms with van der Waals surface area (Å²) in [6, 6.07) is 2.77. The Morgan fingerprint density at radius 3 is 2.85 bits per heavy atom. The standard InChI is InChI=1S/C16H14ClFN4O3S/c1-8(25-16(23)21-10-5-19-9(2)20-6-10)7-24-13-4-14-12(3-11(13)18)22-15(17)26-14/h3-6,8H,7H2,1-2H3,(H,21,23)/t8-/m1/s1. The van der Waals surface area contributed by atoms with Crippen LogP contribution in [0.15, 0.2) is 24.5 Å². The average molecular weight is 397 g/mol. The van der Waals surface area contributed by atoms with Crippen LogP contribution in [-0.2, 0) is 4.74 Å². The van der Waals surface area contributed by atoms with Crippen LogP contribution in [0.2, 0.25) is 4.47 Å². The lowest BCUT2D eigenvalue weighted by Gasteiger charge is -2.15. The number of carbonyl (C=O) groups excluding carboxylic acids is 1. The van der Waals surface area contributed by atoms with Crippen molar-refractivity contribution in [2.75, 3.05) is 11.9 Å². The number of rotatable bonds is 5. The summed E-state index contributed by atoms with van der Waals surface area (Å²) in [5, 5.41) is 2.50. The average Bonchev–Trinajstić information content (AvgIpc) is 2.93. The fraction of sp³-hybridized carbons (Fsp3) is 0.250. The van der Waals surface area contributed by atoms with Crippen molar-refractivity contribution >= 4 is 44.9 Å². The van der Waals surface area contributed by atoms with Gasteiger partial charge in [-0.05, 0) is 13.8 Å². The van der Waals surface area contributed by atoms with Gasteiger partial charge in [-0.25, -0.2) is 24.1 Å². The van der Waals surface area contributed by atoms with Crippen LogP contribution in [0.1, 0.15) is 12.7 Å². The van der Waals surface area contributed by atoms with Crippen LogP contribution in [0.25, 0.3) is 10.2 Å². The molecule has 0 unspecified atom stereocenters. The largest absolute Gasteiger partial charge is 0.487 e. The number of ether oxygens (including phenoxy) is 2. The molecular formula is C16H14ClFN4O3S. The molecule has 7 nitrogen and oxygen atoms in total. The minimum absolute atomic E-state index is 0.0211. The number of thiazole rings is 1. The van der Waals surface area contributed by atoms with Gasteiger partial charge in [0, 0.05) is 12.1 Å². The van der Waals surface area contributed by atoms with E-state index in [1.54, 1.807) is 13.8 Å². The van der Waals surface area contributed by atoms with E-state index in [1.807, 2.05) is 0 Å². The van der Waals surface area contributed by atoms with Crippen molar-refractivity contribution in [3.8, 4) is 5.75 Å². The molecule has 0 aliphatic carbocycles. The summed E-state index contributed by atoms with van der Waals surface area (Å²) in [5.41, 5.74) is 0.876. The predicted molar refractivity (Wildman–Crippen MR) is 96.4 cm³/mol. The van der Waals surface area contributed by atoms with Crippen molar-refractivity contribution in [1.29, 1.82) is 0 Å². The normalized spacial score (nSPS) is 12.0. The van der Waals surface area contributed by atoms with Gasteiger partial charge in [-0.15, -0.1) is 11.3 Å². The van der Waals surface area contributed by atoms with Crippen LogP contribution < -0.4 is 10.1 Å². The Labute approximate surface area is 157 Å². The number of aromatic nitrogens is 3. The summed E-state index contributed by atoms with van der Waals surface area (Å²) >= 11 is 7.04. The quantitative estimate of drug-likeness (QED) is 0.695. The van der Waals surface area contributed by atoms with Crippen LogP contribution in [-0.4, -0.2) is 33.8 Å². The number of hydrogen-bond donors (Lipinski definition) is 1. The lowest BCUT2D eigenvalue weighted by molar-refractivity contribution is 0.0844. The Bertz CT molecular complexity index is 935. The molecule has 2 heterocycles. The zero-order valence-electron chi connectivity index (χ0n) is 13.8. The maximum Gasteiger partial charge on any atom is 0.412 e. The van der Waals surface area contributed by atoms with Gasteiger partial charge < -0.3 is 9.47 Å². The highest BCUT2D eigenvalue weighted by atomic mass is 35.5. The number of anilines is 1. The van der Waals surface area contributed by atoms with Gasteiger partial charge in [-0.2, -0.15) is 0 Å². The molecule has 2 aromatic heterocycles. The number of benzene rings is 1. The van der Waals surface area contributed by atoms with Crippen molar-refractivity contribution in [2.45, 2.75) is 20.0 Å². The van der Waals surface area contributed by atoms with E-state index in [-0.39, 0.29) is 12.4 Å². The molecule has 10 heteroatoms. The number of carbonyl (C=O) groups is 1. The third kappa shape index (κ3) is 4.55. The van der Waals surface area contributed by atoms with Crippen LogP contribution in [0, 0.1) is 12.7 Å². The van der Waals surface area contributed by atoms with Gasteiger partial charge in [0.2, 0.25) is 0 Å². The predicted octanol–water partition coefficient (Wildman–Crippen LogP) is 4.20. The highest BCUT2D eigenvalue weighted by Gasteiger charge is 2.14. The fourth-order valence-electron chi connectivity index (χ4n) is 2.04. The summed E-state index contributed by atoms with van der Waals surface area (Å²) in [6.07, 6.45) is 1.64. The van der Waals surface area contributed by atoms with E-state index in [0.717, 1.165) is 0 Å². The molecule has 0 aliphatic heterocycles. The number of amides is 1. The lowest BCUT2D eigenvalue weighted by atomic mass is 10.3. The molecule has 0 aliphatic rings. The summed E-state index contributed by atoms with van der Waals surface area (Å²) in [4.78, 5) is 23.7. The Morgan fingerprint density at radius 2 is 2.12 bits per heavy atom. The van der Waals surface area contributed by atoms with E-state index < -0.39 is 18.0 Å². The van der Waals surface area contributed by atoms with Gasteiger partial charge in [0.15, 0.2) is 16.0 Å². The number of halogens is 2. The van der Waals surface area contributed by atoms with Crippen LogP contribution in [0.5, 0.6) is 5.75 Å². The minimum atomic E-state index is -0.682. The molecule has 0 spiro atoms. The number of nitrogens with zero attached hydrogens (tertiary/aromatic N) is 3. The van der Waals surface area contributed by atoms with Gasteiger partial charge in [0.05, 0.1) is 28.3 Å². The maximum atomic E-state index is 14.0. The molecule has 26 heavy (non-hydrogen) atoms. The van der Waals surface area contributed by atoms with E-state index in [1.165, 1.54) is 35.9 Å². The Hall–Kier alpha value is -2.52. The minimum Gasteiger partial charge on any atom is -0.487 e. The number of hydrogen-bond acceptors (Lipinski definition) is 7. The molecule has 0 bridgehead atoms. The van der Waals surface area contributed by atoms with Crippen molar-refractivity contribution in [1.82, 2.24) is 15.0 Å². The van der Waals surface area contributed by atoms with Gasteiger partial charge in [-0.3, -0.25) is 5.32 Å². The van der Waals surface area contributed by atoms with Crippen LogP contribution in [0.4, 0.5) is 14.9 Å². The zero-order chi connectivity index (χ0) is 18.7. The summed E-state index contributed by atoms with van der Waals surface area (Å²) in [6.45, 7) is 3.34. The monoisotopic (exact) mass is 396 g/mol. The molecule has 1 amide bonds. The first-order valence-electron chi connectivity index (χ1n) is 7.55.